The molecule has 0 saturated carbocycles. The van der Waals surface area contributed by atoms with E-state index in [4.69, 9.17) is 21.6 Å². The third-order valence-electron chi connectivity index (χ3n) is 2.98. The van der Waals surface area contributed by atoms with E-state index in [0.29, 0.717) is 19.7 Å². The molecule has 2 aromatic rings. The van der Waals surface area contributed by atoms with Crippen LogP contribution < -0.4 is 4.90 Å². The van der Waals surface area contributed by atoms with E-state index in [0.717, 1.165) is 20.9 Å². The van der Waals surface area contributed by atoms with Gasteiger partial charge in [0, 0.05) is 11.4 Å². The maximum Gasteiger partial charge on any atom is 0.225 e. The number of hydrogen-bond acceptors (Lipinski definition) is 6. The average molecular weight is 295 g/mol. The summed E-state index contributed by atoms with van der Waals surface area (Å²) in [6.07, 6.45) is -0.419. The second-order valence-electron chi connectivity index (χ2n) is 4.33. The predicted octanol–water partition coefficient (Wildman–Crippen LogP) is 2.38. The van der Waals surface area contributed by atoms with E-state index in [1.54, 1.807) is 11.3 Å². The number of nitriles is 1. The highest BCUT2D eigenvalue weighted by Crippen LogP contribution is 2.32. The molecule has 0 radical (unpaired) electrons. The first kappa shape index (κ1) is 12.6. The van der Waals surface area contributed by atoms with E-state index < -0.39 is 6.10 Å². The molecule has 5 nitrogen and oxygen atoms in total. The maximum absolute atomic E-state index is 8.97. The van der Waals surface area contributed by atoms with Gasteiger partial charge in [-0.2, -0.15) is 10.2 Å². The van der Waals surface area contributed by atoms with E-state index in [-0.39, 0.29) is 5.28 Å². The van der Waals surface area contributed by atoms with Crippen LogP contribution >= 0.6 is 22.9 Å². The van der Waals surface area contributed by atoms with Gasteiger partial charge in [0.1, 0.15) is 10.6 Å². The highest BCUT2D eigenvalue weighted by Gasteiger charge is 2.23. The van der Waals surface area contributed by atoms with Gasteiger partial charge in [0.05, 0.1) is 24.6 Å². The van der Waals surface area contributed by atoms with Gasteiger partial charge in [-0.25, -0.2) is 4.98 Å². The summed E-state index contributed by atoms with van der Waals surface area (Å²) in [5, 5.41) is 10.2. The van der Waals surface area contributed by atoms with Crippen LogP contribution in [0.25, 0.3) is 10.2 Å². The molecular formula is C12H11ClN4OS. The number of morpholine rings is 1. The molecule has 0 N–H and O–H groups in total. The topological polar surface area (TPSA) is 62.0 Å². The number of ether oxygens (including phenoxy) is 1. The third-order valence-corrected chi connectivity index (χ3v) is 4.09. The zero-order valence-electron chi connectivity index (χ0n) is 10.3. The standard InChI is InChI=1S/C12H11ClN4OS/c1-7-4-9-10(15-12(13)16-11(9)19-7)17-2-3-18-8(5-14)6-17/h4,8H,2-3,6H2,1H3. The molecule has 3 heterocycles. The highest BCUT2D eigenvalue weighted by atomic mass is 35.5. The van der Waals surface area contributed by atoms with E-state index in [2.05, 4.69) is 22.1 Å². The van der Waals surface area contributed by atoms with Crippen LogP contribution in [0.2, 0.25) is 5.28 Å². The second-order valence-corrected chi connectivity index (χ2v) is 5.90. The number of fused-ring (bicyclic) bond motifs is 1. The van der Waals surface area contributed by atoms with Gasteiger partial charge in [0.25, 0.3) is 0 Å². The molecule has 0 bridgehead atoms. The minimum atomic E-state index is -0.419. The van der Waals surface area contributed by atoms with Crippen molar-refractivity contribution in [1.82, 2.24) is 9.97 Å². The van der Waals surface area contributed by atoms with Crippen molar-refractivity contribution in [2.24, 2.45) is 0 Å². The van der Waals surface area contributed by atoms with E-state index in [9.17, 15) is 0 Å². The van der Waals surface area contributed by atoms with E-state index >= 15 is 0 Å². The molecule has 0 amide bonds. The summed E-state index contributed by atoms with van der Waals surface area (Å²) in [6, 6.07) is 4.19. The average Bonchev–Trinajstić information content (AvgIpc) is 2.78. The molecule has 1 aliphatic rings. The molecule has 1 saturated heterocycles. The molecule has 1 unspecified atom stereocenters. The smallest absolute Gasteiger partial charge is 0.225 e. The van der Waals surface area contributed by atoms with Crippen molar-refractivity contribution in [2.75, 3.05) is 24.6 Å². The fourth-order valence-corrected chi connectivity index (χ4v) is 3.25. The molecule has 0 aliphatic carbocycles. The third kappa shape index (κ3) is 2.37. The Morgan fingerprint density at radius 2 is 2.42 bits per heavy atom. The number of anilines is 1. The Kier molecular flexibility index (Phi) is 3.27. The van der Waals surface area contributed by atoms with Gasteiger partial charge >= 0.3 is 0 Å². The Morgan fingerprint density at radius 1 is 1.58 bits per heavy atom. The van der Waals surface area contributed by atoms with Gasteiger partial charge in [-0.15, -0.1) is 11.3 Å². The number of rotatable bonds is 1. The van der Waals surface area contributed by atoms with Crippen molar-refractivity contribution in [3.05, 3.63) is 16.2 Å². The first-order valence-electron chi connectivity index (χ1n) is 5.87. The lowest BCUT2D eigenvalue weighted by Crippen LogP contribution is -2.42. The second kappa shape index (κ2) is 4.93. The van der Waals surface area contributed by atoms with Gasteiger partial charge < -0.3 is 9.64 Å². The fourth-order valence-electron chi connectivity index (χ4n) is 2.16. The van der Waals surface area contributed by atoms with Crippen molar-refractivity contribution in [3.8, 4) is 6.07 Å². The Labute approximate surface area is 119 Å². The first-order chi connectivity index (χ1) is 9.17. The molecular weight excluding hydrogens is 284 g/mol. The zero-order valence-corrected chi connectivity index (χ0v) is 11.8. The Hall–Kier alpha value is -1.42. The molecule has 1 fully saturated rings. The maximum atomic E-state index is 8.97. The zero-order chi connectivity index (χ0) is 13.4. The van der Waals surface area contributed by atoms with Crippen molar-refractivity contribution >= 4 is 39.0 Å². The lowest BCUT2D eigenvalue weighted by molar-refractivity contribution is 0.0762. The van der Waals surface area contributed by atoms with Crippen LogP contribution in [0.4, 0.5) is 5.82 Å². The number of aromatic nitrogens is 2. The van der Waals surface area contributed by atoms with Gasteiger partial charge in [0.2, 0.25) is 5.28 Å². The van der Waals surface area contributed by atoms with Crippen LogP contribution in [0.1, 0.15) is 4.88 Å². The summed E-state index contributed by atoms with van der Waals surface area (Å²) in [7, 11) is 0. The van der Waals surface area contributed by atoms with E-state index in [1.807, 2.05) is 11.8 Å². The Morgan fingerprint density at radius 3 is 3.21 bits per heavy atom. The largest absolute Gasteiger partial charge is 0.360 e. The number of nitrogens with zero attached hydrogens (tertiary/aromatic N) is 4. The van der Waals surface area contributed by atoms with Crippen LogP contribution in [0.5, 0.6) is 0 Å². The predicted molar refractivity (Wildman–Crippen MR) is 74.7 cm³/mol. The van der Waals surface area contributed by atoms with Gasteiger partial charge in [0.15, 0.2) is 6.10 Å². The molecule has 1 atom stereocenters. The molecule has 2 aromatic heterocycles. The van der Waals surface area contributed by atoms with Gasteiger partial charge in [-0.3, -0.25) is 0 Å². The number of aryl methyl sites for hydroxylation is 1. The lowest BCUT2D eigenvalue weighted by atomic mass is 10.2. The lowest BCUT2D eigenvalue weighted by Gasteiger charge is -2.30. The summed E-state index contributed by atoms with van der Waals surface area (Å²) >= 11 is 7.58. The number of thiophene rings is 1. The molecule has 3 rings (SSSR count). The van der Waals surface area contributed by atoms with Crippen molar-refractivity contribution in [2.45, 2.75) is 13.0 Å². The van der Waals surface area contributed by atoms with Gasteiger partial charge in [-0.1, -0.05) is 0 Å². The quantitative estimate of drug-likeness (QED) is 0.756. The molecule has 98 valence electrons. The first-order valence-corrected chi connectivity index (χ1v) is 7.06. The van der Waals surface area contributed by atoms with Crippen molar-refractivity contribution in [1.29, 1.82) is 5.26 Å². The molecule has 0 spiro atoms. The summed E-state index contributed by atoms with van der Waals surface area (Å²) in [4.78, 5) is 12.7. The van der Waals surface area contributed by atoms with Crippen LogP contribution in [-0.2, 0) is 4.74 Å². The van der Waals surface area contributed by atoms with Crippen LogP contribution in [0, 0.1) is 18.3 Å². The molecule has 0 aromatic carbocycles. The number of hydrogen-bond donors (Lipinski definition) is 0. The Bertz CT molecular complexity index is 666. The Balaban J connectivity index is 2.06. The summed E-state index contributed by atoms with van der Waals surface area (Å²) < 4.78 is 5.35. The molecule has 7 heteroatoms. The molecule has 1 aliphatic heterocycles. The minimum absolute atomic E-state index is 0.240. The normalized spacial score (nSPS) is 19.6. The van der Waals surface area contributed by atoms with E-state index in [1.165, 1.54) is 0 Å². The van der Waals surface area contributed by atoms with Gasteiger partial charge in [-0.05, 0) is 24.6 Å². The van der Waals surface area contributed by atoms with Crippen LogP contribution in [0.15, 0.2) is 6.07 Å². The number of halogens is 1. The fraction of sp³-hybridized carbons (Fsp3) is 0.417. The molecule has 19 heavy (non-hydrogen) atoms. The summed E-state index contributed by atoms with van der Waals surface area (Å²) in [6.45, 7) is 3.76. The summed E-state index contributed by atoms with van der Waals surface area (Å²) in [5.74, 6) is 0.794. The SMILES string of the molecule is Cc1cc2c(N3CCOC(C#N)C3)nc(Cl)nc2s1. The van der Waals surface area contributed by atoms with Crippen LogP contribution in [0.3, 0.4) is 0 Å². The van der Waals surface area contributed by atoms with Crippen molar-refractivity contribution in [3.63, 3.8) is 0 Å². The monoisotopic (exact) mass is 294 g/mol. The van der Waals surface area contributed by atoms with Crippen molar-refractivity contribution < 1.29 is 4.74 Å². The highest BCUT2D eigenvalue weighted by molar-refractivity contribution is 7.18. The van der Waals surface area contributed by atoms with Crippen LogP contribution in [-0.4, -0.2) is 35.8 Å². The summed E-state index contributed by atoms with van der Waals surface area (Å²) in [5.41, 5.74) is 0. The minimum Gasteiger partial charge on any atom is -0.360 e.